The van der Waals surface area contributed by atoms with Gasteiger partial charge in [-0.2, -0.15) is 16.9 Å². The van der Waals surface area contributed by atoms with Crippen LogP contribution in [0.2, 0.25) is 5.02 Å². The normalized spacial score (nSPS) is 13.6. The second-order valence-corrected chi connectivity index (χ2v) is 6.91. The van der Waals surface area contributed by atoms with Gasteiger partial charge in [-0.25, -0.2) is 0 Å². The van der Waals surface area contributed by atoms with Crippen molar-refractivity contribution in [1.82, 2.24) is 14.7 Å². The quantitative estimate of drug-likeness (QED) is 0.837. The van der Waals surface area contributed by atoms with Crippen molar-refractivity contribution in [2.24, 2.45) is 5.73 Å². The molecule has 0 aromatic carbocycles. The summed E-state index contributed by atoms with van der Waals surface area (Å²) >= 11 is 8.03. The van der Waals surface area contributed by atoms with Crippen LogP contribution in [0.1, 0.15) is 25.6 Å². The molecule has 1 heterocycles. The van der Waals surface area contributed by atoms with Gasteiger partial charge < -0.3 is 10.6 Å². The van der Waals surface area contributed by atoms with E-state index >= 15 is 0 Å². The molecule has 0 saturated carbocycles. The van der Waals surface area contributed by atoms with Gasteiger partial charge in [-0.1, -0.05) is 25.4 Å². The Morgan fingerprint density at radius 3 is 2.72 bits per heavy atom. The summed E-state index contributed by atoms with van der Waals surface area (Å²) in [5, 5.41) is 5.55. The zero-order valence-corrected chi connectivity index (χ0v) is 13.1. The number of nitrogens with zero attached hydrogens (tertiary/aromatic N) is 3. The van der Waals surface area contributed by atoms with Crippen LogP contribution in [0.15, 0.2) is 6.20 Å². The van der Waals surface area contributed by atoms with Gasteiger partial charge in [-0.05, 0) is 19.3 Å². The van der Waals surface area contributed by atoms with Gasteiger partial charge in [0.2, 0.25) is 0 Å². The lowest BCUT2D eigenvalue weighted by Crippen LogP contribution is -2.24. The smallest absolute Gasteiger partial charge is 0.0834 e. The molecule has 1 aromatic rings. The van der Waals surface area contributed by atoms with Gasteiger partial charge in [0, 0.05) is 12.3 Å². The highest BCUT2D eigenvalue weighted by Gasteiger charge is 2.17. The molecule has 0 aliphatic heterocycles. The molecule has 2 N–H and O–H groups in total. The molecule has 1 atom stereocenters. The number of aromatic nitrogens is 2. The third-order valence-electron chi connectivity index (χ3n) is 2.55. The van der Waals surface area contributed by atoms with Crippen LogP contribution in [0, 0.1) is 0 Å². The van der Waals surface area contributed by atoms with E-state index in [2.05, 4.69) is 23.8 Å². The second kappa shape index (κ2) is 7.38. The number of thioether (sulfide) groups is 1. The lowest BCUT2D eigenvalue weighted by molar-refractivity contribution is 0.367. The largest absolute Gasteiger partial charge is 0.322 e. The molecular weight excluding hydrogens is 268 g/mol. The average molecular weight is 291 g/mol. The van der Waals surface area contributed by atoms with E-state index in [0.29, 0.717) is 10.3 Å². The Morgan fingerprint density at radius 1 is 1.50 bits per heavy atom. The summed E-state index contributed by atoms with van der Waals surface area (Å²) in [6.07, 6.45) is 1.69. The summed E-state index contributed by atoms with van der Waals surface area (Å²) in [6, 6.07) is -0.0606. The fourth-order valence-corrected chi connectivity index (χ4v) is 2.62. The van der Waals surface area contributed by atoms with Gasteiger partial charge in [-0.3, -0.25) is 4.68 Å². The first-order valence-corrected chi connectivity index (χ1v) is 7.57. The zero-order valence-electron chi connectivity index (χ0n) is 11.6. The molecule has 0 bridgehead atoms. The third-order valence-corrected chi connectivity index (χ3v) is 4.06. The SMILES string of the molecule is CC(C)SCC(N)c1c(Cl)cnn1CCN(C)C. The molecule has 0 amide bonds. The molecule has 0 aliphatic carbocycles. The number of rotatable bonds is 7. The van der Waals surface area contributed by atoms with Crippen LogP contribution in [0.25, 0.3) is 0 Å². The van der Waals surface area contributed by atoms with Gasteiger partial charge in [0.1, 0.15) is 0 Å². The van der Waals surface area contributed by atoms with E-state index in [1.807, 2.05) is 30.5 Å². The van der Waals surface area contributed by atoms with Crippen molar-refractivity contribution >= 4 is 23.4 Å². The molecule has 0 spiro atoms. The molecule has 0 saturated heterocycles. The molecule has 1 aromatic heterocycles. The molecule has 0 fully saturated rings. The first-order valence-electron chi connectivity index (χ1n) is 6.15. The first kappa shape index (κ1) is 15.8. The molecule has 1 rings (SSSR count). The Hall–Kier alpha value is -0.230. The lowest BCUT2D eigenvalue weighted by Gasteiger charge is -2.17. The first-order chi connectivity index (χ1) is 8.41. The van der Waals surface area contributed by atoms with Gasteiger partial charge in [0.05, 0.1) is 29.5 Å². The van der Waals surface area contributed by atoms with Crippen molar-refractivity contribution in [2.45, 2.75) is 31.7 Å². The Kier molecular flexibility index (Phi) is 6.49. The highest BCUT2D eigenvalue weighted by molar-refractivity contribution is 7.99. The Balaban J connectivity index is 2.70. The van der Waals surface area contributed by atoms with Crippen LogP contribution < -0.4 is 5.73 Å². The number of halogens is 1. The van der Waals surface area contributed by atoms with E-state index in [1.54, 1.807) is 6.20 Å². The molecule has 0 aliphatic rings. The number of hydrogen-bond donors (Lipinski definition) is 1. The van der Waals surface area contributed by atoms with Crippen LogP contribution in [-0.2, 0) is 6.54 Å². The van der Waals surface area contributed by atoms with E-state index in [0.717, 1.165) is 24.5 Å². The van der Waals surface area contributed by atoms with Crippen LogP contribution in [0.5, 0.6) is 0 Å². The predicted molar refractivity (Wildman–Crippen MR) is 80.3 cm³/mol. The number of nitrogens with two attached hydrogens (primary N) is 1. The third kappa shape index (κ3) is 4.80. The van der Waals surface area contributed by atoms with Gasteiger partial charge in [0.25, 0.3) is 0 Å². The van der Waals surface area contributed by atoms with Crippen molar-refractivity contribution in [2.75, 3.05) is 26.4 Å². The predicted octanol–water partition coefficient (Wildman–Crippen LogP) is 2.24. The molecular formula is C12H23ClN4S. The standard InChI is InChI=1S/C12H23ClN4S/c1-9(2)18-8-11(14)12-10(13)7-15-17(12)6-5-16(3)4/h7,9,11H,5-6,8,14H2,1-4H3. The van der Waals surface area contributed by atoms with Gasteiger partial charge in [0.15, 0.2) is 0 Å². The lowest BCUT2D eigenvalue weighted by atomic mass is 10.2. The second-order valence-electron chi connectivity index (χ2n) is 4.89. The molecule has 0 radical (unpaired) electrons. The molecule has 6 heteroatoms. The fourth-order valence-electron chi connectivity index (χ4n) is 1.59. The van der Waals surface area contributed by atoms with Crippen LogP contribution in [-0.4, -0.2) is 46.3 Å². The van der Waals surface area contributed by atoms with Crippen molar-refractivity contribution < 1.29 is 0 Å². The van der Waals surface area contributed by atoms with E-state index in [4.69, 9.17) is 17.3 Å². The summed E-state index contributed by atoms with van der Waals surface area (Å²) in [6.45, 7) is 6.08. The molecule has 1 unspecified atom stereocenters. The molecule has 4 nitrogen and oxygen atoms in total. The summed E-state index contributed by atoms with van der Waals surface area (Å²) in [7, 11) is 4.08. The van der Waals surface area contributed by atoms with Crippen molar-refractivity contribution in [3.63, 3.8) is 0 Å². The minimum absolute atomic E-state index is 0.0606. The zero-order chi connectivity index (χ0) is 13.7. The monoisotopic (exact) mass is 290 g/mol. The highest BCUT2D eigenvalue weighted by Crippen LogP contribution is 2.25. The maximum Gasteiger partial charge on any atom is 0.0834 e. The minimum Gasteiger partial charge on any atom is -0.322 e. The minimum atomic E-state index is -0.0606. The highest BCUT2D eigenvalue weighted by atomic mass is 35.5. The van der Waals surface area contributed by atoms with E-state index in [-0.39, 0.29) is 6.04 Å². The maximum atomic E-state index is 6.22. The van der Waals surface area contributed by atoms with Crippen molar-refractivity contribution in [1.29, 1.82) is 0 Å². The molecule has 104 valence electrons. The Morgan fingerprint density at radius 2 is 2.17 bits per heavy atom. The van der Waals surface area contributed by atoms with Gasteiger partial charge >= 0.3 is 0 Å². The van der Waals surface area contributed by atoms with Crippen molar-refractivity contribution in [3.8, 4) is 0 Å². The van der Waals surface area contributed by atoms with E-state index < -0.39 is 0 Å². The van der Waals surface area contributed by atoms with Crippen LogP contribution in [0.4, 0.5) is 0 Å². The summed E-state index contributed by atoms with van der Waals surface area (Å²) in [5.74, 6) is 0.866. The van der Waals surface area contributed by atoms with Crippen LogP contribution in [0.3, 0.4) is 0 Å². The molecule has 18 heavy (non-hydrogen) atoms. The van der Waals surface area contributed by atoms with E-state index in [9.17, 15) is 0 Å². The summed E-state index contributed by atoms with van der Waals surface area (Å²) < 4.78 is 1.92. The summed E-state index contributed by atoms with van der Waals surface area (Å²) in [5.41, 5.74) is 7.17. The van der Waals surface area contributed by atoms with Gasteiger partial charge in [-0.15, -0.1) is 0 Å². The summed E-state index contributed by atoms with van der Waals surface area (Å²) in [4.78, 5) is 2.12. The Bertz CT molecular complexity index is 365. The topological polar surface area (TPSA) is 47.1 Å². The van der Waals surface area contributed by atoms with Crippen LogP contribution >= 0.6 is 23.4 Å². The maximum absolute atomic E-state index is 6.22. The fraction of sp³-hybridized carbons (Fsp3) is 0.750. The number of hydrogen-bond acceptors (Lipinski definition) is 4. The number of likely N-dealkylation sites (N-methyl/N-ethyl adjacent to an activating group) is 1. The Labute approximate surface area is 119 Å². The van der Waals surface area contributed by atoms with Crippen molar-refractivity contribution in [3.05, 3.63) is 16.9 Å². The van der Waals surface area contributed by atoms with E-state index in [1.165, 1.54) is 0 Å². The average Bonchev–Trinajstić information content (AvgIpc) is 2.64.